The summed E-state index contributed by atoms with van der Waals surface area (Å²) in [5.74, 6) is 0.664. The van der Waals surface area contributed by atoms with Gasteiger partial charge in [0.1, 0.15) is 10.7 Å². The molecule has 2 aliphatic rings. The van der Waals surface area contributed by atoms with Gasteiger partial charge < -0.3 is 9.80 Å². The van der Waals surface area contributed by atoms with Gasteiger partial charge in [-0.25, -0.2) is 9.67 Å². The minimum Gasteiger partial charge on any atom is -0.335 e. The summed E-state index contributed by atoms with van der Waals surface area (Å²) in [6, 6.07) is 10.5. The molecule has 0 unspecified atom stereocenters. The fourth-order valence-electron chi connectivity index (χ4n) is 4.16. The lowest BCUT2D eigenvalue weighted by molar-refractivity contribution is 0.0769. The first-order chi connectivity index (χ1) is 13.2. The third-order valence-electron chi connectivity index (χ3n) is 5.69. The molecule has 0 saturated carbocycles. The molecule has 2 atom stereocenters. The number of para-hydroxylation sites is 1. The number of benzene rings is 1. The van der Waals surface area contributed by atoms with Crippen LogP contribution in [-0.2, 0) is 0 Å². The zero-order valence-electron chi connectivity index (χ0n) is 15.2. The van der Waals surface area contributed by atoms with Crippen LogP contribution in [0, 0.1) is 5.92 Å². The highest BCUT2D eigenvalue weighted by molar-refractivity contribution is 7.13. The number of carbonyl (C=O) groups is 1. The number of likely N-dealkylation sites (N-methyl/N-ethyl adjacent to an activating group) is 1. The monoisotopic (exact) mass is 379 g/mol. The summed E-state index contributed by atoms with van der Waals surface area (Å²) in [5, 5.41) is 7.12. The van der Waals surface area contributed by atoms with Gasteiger partial charge in [-0.1, -0.05) is 18.2 Å². The first kappa shape index (κ1) is 16.6. The predicted molar refractivity (Wildman–Crippen MR) is 105 cm³/mol. The van der Waals surface area contributed by atoms with Crippen LogP contribution >= 0.6 is 11.3 Å². The summed E-state index contributed by atoms with van der Waals surface area (Å²) in [4.78, 5) is 21.8. The van der Waals surface area contributed by atoms with Gasteiger partial charge in [0.25, 0.3) is 5.91 Å². The van der Waals surface area contributed by atoms with Crippen molar-refractivity contribution in [3.8, 4) is 16.3 Å². The molecule has 3 aromatic rings. The lowest BCUT2D eigenvalue weighted by Gasteiger charge is -2.20. The van der Waals surface area contributed by atoms with Crippen molar-refractivity contribution >= 4 is 17.2 Å². The maximum absolute atomic E-state index is 12.9. The van der Waals surface area contributed by atoms with Crippen LogP contribution in [0.4, 0.5) is 0 Å². The minimum atomic E-state index is 0.0516. The number of carbonyl (C=O) groups excluding carboxylic acids is 1. The summed E-state index contributed by atoms with van der Waals surface area (Å²) >= 11 is 1.50. The van der Waals surface area contributed by atoms with E-state index in [4.69, 9.17) is 0 Å². The summed E-state index contributed by atoms with van der Waals surface area (Å²) in [6.45, 7) is 2.81. The van der Waals surface area contributed by atoms with E-state index in [1.165, 1.54) is 17.8 Å². The summed E-state index contributed by atoms with van der Waals surface area (Å²) in [7, 11) is 2.16. The van der Waals surface area contributed by atoms with E-state index in [1.807, 2.05) is 51.5 Å². The second kappa shape index (κ2) is 6.58. The molecule has 0 radical (unpaired) electrons. The van der Waals surface area contributed by atoms with Gasteiger partial charge in [-0.05, 0) is 38.1 Å². The number of nitrogens with zero attached hydrogens (tertiary/aromatic N) is 5. The first-order valence-corrected chi connectivity index (χ1v) is 10.1. The third kappa shape index (κ3) is 2.96. The number of likely N-dealkylation sites (tertiary alicyclic amines) is 2. The number of amides is 1. The smallest absolute Gasteiger partial charge is 0.273 e. The quantitative estimate of drug-likeness (QED) is 0.702. The Balaban J connectivity index is 1.33. The Kier molecular flexibility index (Phi) is 4.06. The number of rotatable bonds is 3. The van der Waals surface area contributed by atoms with Crippen molar-refractivity contribution in [1.82, 2.24) is 24.6 Å². The fraction of sp³-hybridized carbons (Fsp3) is 0.350. The number of thiazole rings is 1. The molecule has 0 N–H and O–H groups in total. The lowest BCUT2D eigenvalue weighted by Crippen LogP contribution is -2.35. The first-order valence-electron chi connectivity index (χ1n) is 9.24. The molecule has 27 heavy (non-hydrogen) atoms. The third-order valence-corrected chi connectivity index (χ3v) is 6.58. The molecule has 2 aliphatic heterocycles. The van der Waals surface area contributed by atoms with Crippen LogP contribution < -0.4 is 0 Å². The Hall–Kier alpha value is -2.51. The van der Waals surface area contributed by atoms with Gasteiger partial charge >= 0.3 is 0 Å². The molecule has 1 amide bonds. The Morgan fingerprint density at radius 3 is 2.89 bits per heavy atom. The van der Waals surface area contributed by atoms with E-state index in [9.17, 15) is 4.79 Å². The molecule has 0 spiro atoms. The highest BCUT2D eigenvalue weighted by atomic mass is 32.1. The van der Waals surface area contributed by atoms with Crippen LogP contribution in [0.2, 0.25) is 0 Å². The van der Waals surface area contributed by atoms with E-state index < -0.39 is 0 Å². The van der Waals surface area contributed by atoms with Gasteiger partial charge in [0.2, 0.25) is 0 Å². The van der Waals surface area contributed by atoms with E-state index in [-0.39, 0.29) is 5.91 Å². The molecule has 138 valence electrons. The van der Waals surface area contributed by atoms with Crippen LogP contribution in [0.1, 0.15) is 16.9 Å². The Morgan fingerprint density at radius 2 is 2.07 bits per heavy atom. The maximum atomic E-state index is 12.9. The summed E-state index contributed by atoms with van der Waals surface area (Å²) in [5.41, 5.74) is 2.48. The highest BCUT2D eigenvalue weighted by Gasteiger charge is 2.41. The van der Waals surface area contributed by atoms with E-state index in [2.05, 4.69) is 22.0 Å². The molecular formula is C20H21N5OS. The van der Waals surface area contributed by atoms with E-state index in [1.54, 1.807) is 6.20 Å². The van der Waals surface area contributed by atoms with Crippen molar-refractivity contribution < 1.29 is 4.79 Å². The van der Waals surface area contributed by atoms with Crippen LogP contribution in [0.5, 0.6) is 0 Å². The molecule has 2 fully saturated rings. The largest absolute Gasteiger partial charge is 0.335 e. The van der Waals surface area contributed by atoms with Crippen molar-refractivity contribution in [2.24, 2.45) is 5.92 Å². The second-order valence-electron chi connectivity index (χ2n) is 7.35. The van der Waals surface area contributed by atoms with Crippen molar-refractivity contribution in [2.45, 2.75) is 12.5 Å². The van der Waals surface area contributed by atoms with E-state index in [0.29, 0.717) is 17.7 Å². The Labute approximate surface area is 162 Å². The molecule has 4 heterocycles. The molecule has 0 bridgehead atoms. The molecule has 0 aliphatic carbocycles. The van der Waals surface area contributed by atoms with Crippen LogP contribution in [-0.4, -0.2) is 63.2 Å². The maximum Gasteiger partial charge on any atom is 0.273 e. The molecular weight excluding hydrogens is 358 g/mol. The predicted octanol–water partition coefficient (Wildman–Crippen LogP) is 2.77. The Morgan fingerprint density at radius 1 is 1.22 bits per heavy atom. The molecule has 5 rings (SSSR count). The number of aromatic nitrogens is 3. The van der Waals surface area contributed by atoms with Gasteiger partial charge in [0.15, 0.2) is 0 Å². The Bertz CT molecular complexity index is 966. The van der Waals surface area contributed by atoms with Gasteiger partial charge in [0.05, 0.1) is 11.9 Å². The van der Waals surface area contributed by atoms with Crippen molar-refractivity contribution in [3.63, 3.8) is 0 Å². The molecule has 6 nitrogen and oxygen atoms in total. The highest BCUT2D eigenvalue weighted by Crippen LogP contribution is 2.32. The van der Waals surface area contributed by atoms with E-state index in [0.717, 1.165) is 35.9 Å². The van der Waals surface area contributed by atoms with Crippen LogP contribution in [0.25, 0.3) is 16.3 Å². The standard InChI is InChI=1S/C20H21N5OS/c1-23-8-7-14-10-24(12-18(14)23)20(26)17-13-27-19(22-17)15-9-21-25(11-15)16-5-3-2-4-6-16/h2-6,9,11,13-14,18H,7-8,10,12H2,1H3/t14-,18+/m1/s1. The van der Waals surface area contributed by atoms with Gasteiger partial charge in [-0.15, -0.1) is 11.3 Å². The fourth-order valence-corrected chi connectivity index (χ4v) is 4.93. The SMILES string of the molecule is CN1CC[C@@H]2CN(C(=O)c3csc(-c4cnn(-c5ccccc5)c4)n3)C[C@@H]21. The van der Waals surface area contributed by atoms with Gasteiger partial charge in [0, 0.05) is 36.3 Å². The van der Waals surface area contributed by atoms with Gasteiger partial charge in [-0.2, -0.15) is 5.10 Å². The van der Waals surface area contributed by atoms with Crippen molar-refractivity contribution in [1.29, 1.82) is 0 Å². The zero-order chi connectivity index (χ0) is 18.4. The average Bonchev–Trinajstić information content (AvgIpc) is 3.47. The van der Waals surface area contributed by atoms with E-state index >= 15 is 0 Å². The average molecular weight is 379 g/mol. The minimum absolute atomic E-state index is 0.0516. The molecule has 2 aromatic heterocycles. The summed E-state index contributed by atoms with van der Waals surface area (Å²) < 4.78 is 1.83. The number of hydrogen-bond donors (Lipinski definition) is 0. The molecule has 7 heteroatoms. The topological polar surface area (TPSA) is 54.3 Å². The number of hydrogen-bond acceptors (Lipinski definition) is 5. The zero-order valence-corrected chi connectivity index (χ0v) is 16.0. The van der Waals surface area contributed by atoms with Crippen molar-refractivity contribution in [3.05, 3.63) is 53.8 Å². The second-order valence-corrected chi connectivity index (χ2v) is 8.21. The lowest BCUT2D eigenvalue weighted by atomic mass is 10.1. The van der Waals surface area contributed by atoms with Crippen LogP contribution in [0.15, 0.2) is 48.1 Å². The molecule has 1 aromatic carbocycles. The van der Waals surface area contributed by atoms with Crippen molar-refractivity contribution in [2.75, 3.05) is 26.7 Å². The normalized spacial score (nSPS) is 22.3. The van der Waals surface area contributed by atoms with Gasteiger partial charge in [-0.3, -0.25) is 4.79 Å². The number of fused-ring (bicyclic) bond motifs is 1. The molecule has 2 saturated heterocycles. The van der Waals surface area contributed by atoms with Crippen LogP contribution in [0.3, 0.4) is 0 Å². The summed E-state index contributed by atoms with van der Waals surface area (Å²) in [6.07, 6.45) is 4.94.